The molecular weight excluding hydrogens is 103 g/mol. The van der Waals surface area contributed by atoms with Crippen LogP contribution in [0.5, 0.6) is 0 Å². The molecule has 0 radical (unpaired) electrons. The number of rotatable bonds is 1. The van der Waals surface area contributed by atoms with Crippen molar-refractivity contribution in [2.75, 3.05) is 6.66 Å². The van der Waals surface area contributed by atoms with Gasteiger partial charge in [-0.3, -0.25) is 0 Å². The van der Waals surface area contributed by atoms with E-state index in [1.54, 1.807) is 0 Å². The first-order chi connectivity index (χ1) is 2.64. The van der Waals surface area contributed by atoms with Crippen molar-refractivity contribution in [3.63, 3.8) is 0 Å². The van der Waals surface area contributed by atoms with Gasteiger partial charge in [0.25, 0.3) is 0 Å². The van der Waals surface area contributed by atoms with E-state index in [1.807, 2.05) is 0 Å². The minimum absolute atomic E-state index is 1.29. The predicted molar refractivity (Wildman–Crippen MR) is 23.2 cm³/mol. The first-order valence-corrected chi connectivity index (χ1v) is 3.49. The highest BCUT2D eigenvalue weighted by Crippen LogP contribution is 2.16. The molecule has 0 aromatic carbocycles. The fourth-order valence-electron chi connectivity index (χ4n) is 0. The summed E-state index contributed by atoms with van der Waals surface area (Å²) >= 11 is 0. The van der Waals surface area contributed by atoms with Crippen LogP contribution in [0.3, 0.4) is 0 Å². The van der Waals surface area contributed by atoms with E-state index < -0.39 is 13.8 Å². The molecule has 38 valence electrons. The summed E-state index contributed by atoms with van der Waals surface area (Å²) in [6.07, 6.45) is 0. The third-order valence-corrected chi connectivity index (χ3v) is 1.09. The van der Waals surface area contributed by atoms with E-state index in [0.717, 1.165) is 0 Å². The summed E-state index contributed by atoms with van der Waals surface area (Å²) in [6.45, 7) is 1.29. The number of aliphatic hydroxyl groups excluding tert-OH is 1. The zero-order valence-corrected chi connectivity index (χ0v) is 4.38. The first-order valence-electron chi connectivity index (χ1n) is 1.51. The van der Waals surface area contributed by atoms with Crippen LogP contribution in [0.4, 0.5) is 0 Å². The van der Waals surface area contributed by atoms with Crippen molar-refractivity contribution in [1.29, 1.82) is 0 Å². The average molecular weight is 110 g/mol. The molecule has 2 N–H and O–H groups in total. The van der Waals surface area contributed by atoms with E-state index in [9.17, 15) is 4.57 Å². The van der Waals surface area contributed by atoms with Crippen LogP contribution < -0.4 is 0 Å². The Hall–Kier alpha value is 0.150. The molecule has 0 amide bonds. The average Bonchev–Trinajstić information content (AvgIpc) is 1.36. The Morgan fingerprint density at radius 1 is 1.67 bits per heavy atom. The number of hydrogen-bond donors (Lipinski definition) is 2. The van der Waals surface area contributed by atoms with Gasteiger partial charge < -0.3 is 14.8 Å². The Balaban J connectivity index is 3.26. The van der Waals surface area contributed by atoms with E-state index in [4.69, 9.17) is 10.2 Å². The smallest absolute Gasteiger partial charge is 0.203 e. The normalized spacial score (nSPS) is 15.3. The van der Waals surface area contributed by atoms with Crippen molar-refractivity contribution < 1.29 is 14.8 Å². The second-order valence-corrected chi connectivity index (χ2v) is 2.72. The minimum Gasteiger partial charge on any atom is -0.362 e. The summed E-state index contributed by atoms with van der Waals surface area (Å²) in [5.41, 5.74) is 0. The van der Waals surface area contributed by atoms with Gasteiger partial charge in [-0.15, -0.1) is 0 Å². The molecule has 0 aromatic heterocycles. The van der Waals surface area contributed by atoms with Gasteiger partial charge in [0.1, 0.15) is 7.80 Å². The van der Waals surface area contributed by atoms with Crippen molar-refractivity contribution in [1.82, 2.24) is 0 Å². The lowest BCUT2D eigenvalue weighted by Gasteiger charge is -1.91. The molecule has 0 fully saturated rings. The Bertz CT molecular complexity index is 59.8. The monoisotopic (exact) mass is 110 g/mol. The SMILES string of the molecule is C[PH](=O)C(O)O. The molecule has 0 spiro atoms. The summed E-state index contributed by atoms with van der Waals surface area (Å²) in [5.74, 6) is 0. The zero-order chi connectivity index (χ0) is 5.15. The van der Waals surface area contributed by atoms with Gasteiger partial charge in [0.2, 0.25) is 6.03 Å². The van der Waals surface area contributed by atoms with E-state index >= 15 is 0 Å². The van der Waals surface area contributed by atoms with Crippen LogP contribution in [0.1, 0.15) is 0 Å². The van der Waals surface area contributed by atoms with Crippen LogP contribution in [-0.2, 0) is 4.57 Å². The standard InChI is InChI=1S/C2H7O3P/c1-6(5)2(3)4/h2-4,6H,1H3. The van der Waals surface area contributed by atoms with Gasteiger partial charge in [0.05, 0.1) is 0 Å². The van der Waals surface area contributed by atoms with Crippen LogP contribution in [0.2, 0.25) is 0 Å². The lowest BCUT2D eigenvalue weighted by molar-refractivity contribution is 0.0326. The van der Waals surface area contributed by atoms with E-state index in [1.165, 1.54) is 6.66 Å². The van der Waals surface area contributed by atoms with Crippen molar-refractivity contribution in [2.24, 2.45) is 0 Å². The van der Waals surface area contributed by atoms with E-state index in [0.29, 0.717) is 0 Å². The molecule has 0 rings (SSSR count). The summed E-state index contributed by atoms with van der Waals surface area (Å²) in [6, 6.07) is -1.60. The molecule has 0 saturated heterocycles. The molecule has 0 heterocycles. The topological polar surface area (TPSA) is 57.5 Å². The predicted octanol–water partition coefficient (Wildman–Crippen LogP) is -0.556. The highest BCUT2D eigenvalue weighted by atomic mass is 31.1. The summed E-state index contributed by atoms with van der Waals surface area (Å²) in [5, 5.41) is 15.8. The van der Waals surface area contributed by atoms with Crippen LogP contribution in [0, 0.1) is 0 Å². The molecule has 0 aliphatic carbocycles. The van der Waals surface area contributed by atoms with Gasteiger partial charge >= 0.3 is 0 Å². The van der Waals surface area contributed by atoms with Gasteiger partial charge in [-0.2, -0.15) is 0 Å². The fourth-order valence-corrected chi connectivity index (χ4v) is 0. The molecule has 0 aromatic rings. The Morgan fingerprint density at radius 2 is 1.83 bits per heavy atom. The maximum absolute atomic E-state index is 9.83. The fraction of sp³-hybridized carbons (Fsp3) is 1.00. The second-order valence-electron chi connectivity index (χ2n) is 0.984. The largest absolute Gasteiger partial charge is 0.362 e. The van der Waals surface area contributed by atoms with Crippen molar-refractivity contribution in [3.05, 3.63) is 0 Å². The highest BCUT2D eigenvalue weighted by Gasteiger charge is 1.97. The molecule has 0 aliphatic heterocycles. The molecule has 1 unspecified atom stereocenters. The lowest BCUT2D eigenvalue weighted by Crippen LogP contribution is -1.93. The van der Waals surface area contributed by atoms with Crippen molar-refractivity contribution >= 4 is 7.80 Å². The number of hydrogen-bond acceptors (Lipinski definition) is 3. The maximum atomic E-state index is 9.83. The van der Waals surface area contributed by atoms with Crippen LogP contribution in [-0.4, -0.2) is 22.9 Å². The molecule has 4 heteroatoms. The van der Waals surface area contributed by atoms with Crippen molar-refractivity contribution in [3.8, 4) is 0 Å². The molecular formula is C2H7O3P. The maximum Gasteiger partial charge on any atom is 0.203 e. The zero-order valence-electron chi connectivity index (χ0n) is 3.38. The highest BCUT2D eigenvalue weighted by molar-refractivity contribution is 7.44. The van der Waals surface area contributed by atoms with E-state index in [2.05, 4.69) is 0 Å². The molecule has 0 bridgehead atoms. The van der Waals surface area contributed by atoms with Gasteiger partial charge in [-0.1, -0.05) is 0 Å². The Kier molecular flexibility index (Phi) is 2.40. The Labute approximate surface area is 36.4 Å². The van der Waals surface area contributed by atoms with Crippen molar-refractivity contribution in [2.45, 2.75) is 6.03 Å². The third kappa shape index (κ3) is 2.39. The van der Waals surface area contributed by atoms with E-state index in [-0.39, 0.29) is 0 Å². The number of aliphatic hydroxyl groups is 2. The van der Waals surface area contributed by atoms with Gasteiger partial charge in [-0.25, -0.2) is 0 Å². The lowest BCUT2D eigenvalue weighted by atomic mass is 11.5. The van der Waals surface area contributed by atoms with Gasteiger partial charge in [0.15, 0.2) is 0 Å². The summed E-state index contributed by atoms with van der Waals surface area (Å²) in [4.78, 5) is 0. The van der Waals surface area contributed by atoms with Crippen LogP contribution in [0.25, 0.3) is 0 Å². The molecule has 0 saturated carbocycles. The quantitative estimate of drug-likeness (QED) is 0.351. The molecule has 6 heavy (non-hydrogen) atoms. The molecule has 0 aliphatic rings. The third-order valence-electron chi connectivity index (χ3n) is 0.364. The minimum atomic E-state index is -2.09. The van der Waals surface area contributed by atoms with Crippen LogP contribution in [0.15, 0.2) is 0 Å². The summed E-state index contributed by atoms with van der Waals surface area (Å²) < 4.78 is 9.83. The first kappa shape index (κ1) is 6.15. The molecule has 1 atom stereocenters. The summed E-state index contributed by atoms with van der Waals surface area (Å²) in [7, 11) is -2.09. The van der Waals surface area contributed by atoms with Crippen LogP contribution >= 0.6 is 7.80 Å². The van der Waals surface area contributed by atoms with Gasteiger partial charge in [-0.05, 0) is 6.66 Å². The molecule has 3 nitrogen and oxygen atoms in total. The Morgan fingerprint density at radius 3 is 1.83 bits per heavy atom. The second kappa shape index (κ2) is 2.35. The van der Waals surface area contributed by atoms with Gasteiger partial charge in [0, 0.05) is 0 Å².